The molecule has 2 aromatic heterocycles. The van der Waals surface area contributed by atoms with Gasteiger partial charge in [-0.1, -0.05) is 44.9 Å². The first-order valence-electron chi connectivity index (χ1n) is 17.1. The first-order valence-corrected chi connectivity index (χ1v) is 17.1. The van der Waals surface area contributed by atoms with Crippen LogP contribution in [-0.2, 0) is 17.6 Å². The Labute approximate surface area is 282 Å². The molecule has 0 spiro atoms. The molecule has 2 heterocycles. The maximum atomic E-state index is 13.2. The van der Waals surface area contributed by atoms with Crippen LogP contribution in [0.3, 0.4) is 0 Å². The van der Waals surface area contributed by atoms with Crippen molar-refractivity contribution >= 4 is 18.4 Å². The number of aromatic nitrogens is 4. The lowest BCUT2D eigenvalue weighted by molar-refractivity contribution is -0.110. The Kier molecular flexibility index (Phi) is 7.80. The molecule has 4 aromatic rings. The zero-order valence-electron chi connectivity index (χ0n) is 28.4. The van der Waals surface area contributed by atoms with Crippen LogP contribution < -0.4 is 0 Å². The minimum absolute atomic E-state index is 0.0102. The zero-order chi connectivity index (χ0) is 33.9. The molecule has 0 aliphatic heterocycles. The molecule has 5 nitrogen and oxygen atoms in total. The van der Waals surface area contributed by atoms with Crippen molar-refractivity contribution in [1.82, 2.24) is 19.6 Å². The van der Waals surface area contributed by atoms with Crippen LogP contribution in [0.4, 0.5) is 8.78 Å². The summed E-state index contributed by atoms with van der Waals surface area (Å²) in [4.78, 5) is 11.2. The van der Waals surface area contributed by atoms with E-state index in [0.717, 1.165) is 67.6 Å². The minimum atomic E-state index is -0.244. The van der Waals surface area contributed by atoms with Gasteiger partial charge in [0.25, 0.3) is 0 Å². The summed E-state index contributed by atoms with van der Waals surface area (Å²) >= 11 is 0. The van der Waals surface area contributed by atoms with Gasteiger partial charge in [-0.15, -0.1) is 6.58 Å². The first kappa shape index (κ1) is 32.2. The SMILES string of the molecule is C=CC[C@]1(C)CCC2=Cc3c(cnn3-c3ccc(F)cc3)C[C@@]21C.C[C@@]1(CC=O)CCC2=Cc3c(cnn3-c3ccc(F)cc3)C[C@@]21C. The molecule has 0 radical (unpaired) electrons. The van der Waals surface area contributed by atoms with Crippen molar-refractivity contribution < 1.29 is 13.6 Å². The summed E-state index contributed by atoms with van der Waals surface area (Å²) < 4.78 is 30.2. The predicted molar refractivity (Wildman–Crippen MR) is 187 cm³/mol. The van der Waals surface area contributed by atoms with Crippen LogP contribution in [-0.4, -0.2) is 25.8 Å². The Balaban J connectivity index is 0.000000152. The molecule has 4 aliphatic rings. The molecule has 4 aliphatic carbocycles. The second kappa shape index (κ2) is 11.6. The monoisotopic (exact) mass is 646 g/mol. The fraction of sp³-hybridized carbons (Fsp3) is 0.390. The highest BCUT2D eigenvalue weighted by molar-refractivity contribution is 5.64. The standard InChI is InChI=1S/C21H23FN2.C20H21FN2O/c1-4-10-20(2)11-9-16-12-19-15(13-21(16,20)3)14-23-24(19)18-7-5-17(22)6-8-18;1-19(9-10-24)8-7-15-11-18-14(12-20(15,19)2)13-22-23(18)17-5-3-16(21)4-6-17/h4-8,12,14H,1,9-11,13H2,2-3H3;3-6,10-11,13H,7-9,12H2,1-2H3/t20-,21+;19-,20-/m10/s1. The van der Waals surface area contributed by atoms with E-state index in [0.29, 0.717) is 6.42 Å². The maximum absolute atomic E-state index is 13.2. The van der Waals surface area contributed by atoms with Gasteiger partial charge in [-0.2, -0.15) is 10.2 Å². The fourth-order valence-electron chi connectivity index (χ4n) is 9.01. The quantitative estimate of drug-likeness (QED) is 0.155. The smallest absolute Gasteiger partial charge is 0.123 e. The lowest BCUT2D eigenvalue weighted by Crippen LogP contribution is -2.37. The van der Waals surface area contributed by atoms with Gasteiger partial charge in [0, 0.05) is 6.42 Å². The molecule has 2 aromatic carbocycles. The Bertz CT molecular complexity index is 1810. The predicted octanol–water partition coefficient (Wildman–Crippen LogP) is 9.68. The molecule has 248 valence electrons. The number of carbonyl (C=O) groups excluding carboxylic acids is 1. The van der Waals surface area contributed by atoms with E-state index in [1.807, 2.05) is 21.8 Å². The molecule has 0 amide bonds. The minimum Gasteiger partial charge on any atom is -0.303 e. The van der Waals surface area contributed by atoms with Gasteiger partial charge in [0.05, 0.1) is 35.2 Å². The molecular weight excluding hydrogens is 602 g/mol. The van der Waals surface area contributed by atoms with Crippen molar-refractivity contribution in [3.05, 3.63) is 119 Å². The molecule has 0 bridgehead atoms. The average Bonchev–Trinajstić information content (AvgIpc) is 3.78. The van der Waals surface area contributed by atoms with Gasteiger partial charge >= 0.3 is 0 Å². The Morgan fingerprint density at radius 2 is 1.12 bits per heavy atom. The van der Waals surface area contributed by atoms with Crippen molar-refractivity contribution in [2.75, 3.05) is 0 Å². The van der Waals surface area contributed by atoms with Crippen molar-refractivity contribution in [2.45, 2.75) is 79.1 Å². The van der Waals surface area contributed by atoms with Crippen LogP contribution in [0.2, 0.25) is 0 Å². The molecule has 2 saturated carbocycles. The van der Waals surface area contributed by atoms with Gasteiger partial charge in [-0.3, -0.25) is 0 Å². The van der Waals surface area contributed by atoms with E-state index in [1.54, 1.807) is 24.3 Å². The Hall–Kier alpha value is -4.39. The van der Waals surface area contributed by atoms with E-state index in [2.05, 4.69) is 62.7 Å². The summed E-state index contributed by atoms with van der Waals surface area (Å²) in [6.45, 7) is 13.3. The molecule has 0 N–H and O–H groups in total. The molecule has 2 fully saturated rings. The van der Waals surface area contributed by atoms with Crippen LogP contribution in [0.1, 0.15) is 88.7 Å². The number of aldehydes is 1. The second-order valence-corrected chi connectivity index (χ2v) is 15.2. The summed E-state index contributed by atoms with van der Waals surface area (Å²) in [5.41, 5.74) is 9.87. The first-order chi connectivity index (χ1) is 22.9. The molecule has 8 rings (SSSR count). The highest BCUT2D eigenvalue weighted by atomic mass is 19.1. The van der Waals surface area contributed by atoms with Crippen LogP contribution in [0, 0.1) is 33.3 Å². The average molecular weight is 647 g/mol. The van der Waals surface area contributed by atoms with Gasteiger partial charge in [0.1, 0.15) is 17.9 Å². The van der Waals surface area contributed by atoms with E-state index in [9.17, 15) is 13.6 Å². The number of nitrogens with zero attached hydrogens (tertiary/aromatic N) is 4. The second-order valence-electron chi connectivity index (χ2n) is 15.2. The Morgan fingerprint density at radius 1 is 0.708 bits per heavy atom. The largest absolute Gasteiger partial charge is 0.303 e. The number of carbonyl (C=O) groups is 1. The van der Waals surface area contributed by atoms with Gasteiger partial charge < -0.3 is 4.79 Å². The number of allylic oxidation sites excluding steroid dienone is 3. The fourth-order valence-corrected chi connectivity index (χ4v) is 9.01. The van der Waals surface area contributed by atoms with Crippen molar-refractivity contribution in [3.8, 4) is 11.4 Å². The van der Waals surface area contributed by atoms with Gasteiger partial charge in [0.15, 0.2) is 0 Å². The van der Waals surface area contributed by atoms with Gasteiger partial charge in [-0.05, 0) is 138 Å². The van der Waals surface area contributed by atoms with E-state index in [-0.39, 0.29) is 33.3 Å². The van der Waals surface area contributed by atoms with Crippen LogP contribution in [0.25, 0.3) is 23.5 Å². The molecule has 48 heavy (non-hydrogen) atoms. The molecular formula is C41H44F2N4O. The van der Waals surface area contributed by atoms with Crippen molar-refractivity contribution in [1.29, 1.82) is 0 Å². The maximum Gasteiger partial charge on any atom is 0.123 e. The number of rotatable bonds is 6. The summed E-state index contributed by atoms with van der Waals surface area (Å²) in [5, 5.41) is 9.11. The van der Waals surface area contributed by atoms with Crippen LogP contribution in [0.15, 0.2) is 84.7 Å². The summed E-state index contributed by atoms with van der Waals surface area (Å²) in [7, 11) is 0. The number of fused-ring (bicyclic) bond motifs is 4. The number of hydrogen-bond donors (Lipinski definition) is 0. The molecule has 0 unspecified atom stereocenters. The third-order valence-corrected chi connectivity index (χ3v) is 12.7. The Morgan fingerprint density at radius 3 is 1.52 bits per heavy atom. The van der Waals surface area contributed by atoms with E-state index < -0.39 is 0 Å². The van der Waals surface area contributed by atoms with E-state index in [1.165, 1.54) is 53.0 Å². The lowest BCUT2D eigenvalue weighted by atomic mass is 9.60. The highest BCUT2D eigenvalue weighted by Gasteiger charge is 2.53. The van der Waals surface area contributed by atoms with Crippen LogP contribution in [0.5, 0.6) is 0 Å². The summed E-state index contributed by atoms with van der Waals surface area (Å²) in [6.07, 6.45) is 19.5. The van der Waals surface area contributed by atoms with E-state index in [4.69, 9.17) is 0 Å². The highest BCUT2D eigenvalue weighted by Crippen LogP contribution is 2.62. The number of halogens is 2. The summed E-state index contributed by atoms with van der Waals surface area (Å²) in [5.74, 6) is -0.465. The topological polar surface area (TPSA) is 52.7 Å². The third-order valence-electron chi connectivity index (χ3n) is 12.7. The van der Waals surface area contributed by atoms with Gasteiger partial charge in [-0.25, -0.2) is 18.1 Å². The van der Waals surface area contributed by atoms with Gasteiger partial charge in [0.2, 0.25) is 0 Å². The van der Waals surface area contributed by atoms with E-state index >= 15 is 0 Å². The lowest BCUT2D eigenvalue weighted by Gasteiger charge is -2.43. The van der Waals surface area contributed by atoms with Crippen molar-refractivity contribution in [3.63, 3.8) is 0 Å². The summed E-state index contributed by atoms with van der Waals surface area (Å²) in [6, 6.07) is 13.0. The molecule has 7 heteroatoms. The molecule has 4 atom stereocenters. The number of hydrogen-bond acceptors (Lipinski definition) is 3. The normalized spacial score (nSPS) is 28.2. The molecule has 0 saturated heterocycles. The zero-order valence-corrected chi connectivity index (χ0v) is 28.4. The third kappa shape index (κ3) is 4.96. The van der Waals surface area contributed by atoms with Crippen LogP contribution >= 0.6 is 0 Å². The van der Waals surface area contributed by atoms with Crippen molar-refractivity contribution in [2.24, 2.45) is 21.7 Å². The number of benzene rings is 2.